The average Bonchev–Trinajstić information content (AvgIpc) is 2.92. The van der Waals surface area contributed by atoms with E-state index in [2.05, 4.69) is 25.2 Å². The number of aryl methyl sites for hydroxylation is 2. The molecule has 5 heteroatoms. The van der Waals surface area contributed by atoms with E-state index in [1.807, 2.05) is 31.5 Å². The maximum Gasteiger partial charge on any atom is 0.268 e. The third-order valence-electron chi connectivity index (χ3n) is 3.55. The number of thiophene rings is 1. The molecule has 3 N–H and O–H groups in total. The number of rotatable bonds is 4. The summed E-state index contributed by atoms with van der Waals surface area (Å²) in [6.45, 7) is 10.3. The van der Waals surface area contributed by atoms with Gasteiger partial charge in [0.2, 0.25) is 0 Å². The first kappa shape index (κ1) is 15.6. The number of amides is 1. The Balaban J connectivity index is 2.20. The van der Waals surface area contributed by atoms with Gasteiger partial charge in [-0.25, -0.2) is 0 Å². The predicted molar refractivity (Wildman–Crippen MR) is 88.9 cm³/mol. The molecule has 0 aromatic carbocycles. The smallest absolute Gasteiger partial charge is 0.268 e. The maximum absolute atomic E-state index is 12.5. The lowest BCUT2D eigenvalue weighted by atomic mass is 10.1. The highest BCUT2D eigenvalue weighted by molar-refractivity contribution is 7.12. The average molecular weight is 305 g/mol. The maximum atomic E-state index is 12.5. The Morgan fingerprint density at radius 3 is 2.48 bits per heavy atom. The van der Waals surface area contributed by atoms with Gasteiger partial charge >= 0.3 is 0 Å². The topological polar surface area (TPSA) is 60.1 Å². The van der Waals surface area contributed by atoms with E-state index in [0.717, 1.165) is 0 Å². The standard InChI is InChI=1S/C16H23N3OS/c1-9(2)19-8-13(17)7-15(19)16(20)18-11(4)14-6-10(3)21-12(14)5/h6-9,11H,17H2,1-5H3,(H,18,20). The van der Waals surface area contributed by atoms with E-state index in [4.69, 9.17) is 5.73 Å². The molecule has 2 rings (SSSR count). The molecule has 0 aliphatic heterocycles. The van der Waals surface area contributed by atoms with Gasteiger partial charge in [-0.15, -0.1) is 11.3 Å². The minimum Gasteiger partial charge on any atom is -0.397 e. The summed E-state index contributed by atoms with van der Waals surface area (Å²) in [4.78, 5) is 15.0. The second-order valence-corrected chi connectivity index (χ2v) is 7.18. The highest BCUT2D eigenvalue weighted by atomic mass is 32.1. The summed E-state index contributed by atoms with van der Waals surface area (Å²) in [5.74, 6) is -0.0869. The fourth-order valence-electron chi connectivity index (χ4n) is 2.54. The number of carbonyl (C=O) groups is 1. The highest BCUT2D eigenvalue weighted by Gasteiger charge is 2.19. The molecule has 21 heavy (non-hydrogen) atoms. The predicted octanol–water partition coefficient (Wildman–Crippen LogP) is 3.82. The fraction of sp³-hybridized carbons (Fsp3) is 0.438. The molecule has 0 radical (unpaired) electrons. The first-order chi connectivity index (χ1) is 9.79. The van der Waals surface area contributed by atoms with Gasteiger partial charge in [0, 0.05) is 22.0 Å². The van der Waals surface area contributed by atoms with Crippen molar-refractivity contribution in [3.05, 3.63) is 39.3 Å². The lowest BCUT2D eigenvalue weighted by Crippen LogP contribution is -2.29. The van der Waals surface area contributed by atoms with Crippen molar-refractivity contribution in [2.75, 3.05) is 5.73 Å². The van der Waals surface area contributed by atoms with Crippen molar-refractivity contribution in [3.8, 4) is 0 Å². The summed E-state index contributed by atoms with van der Waals surface area (Å²) in [5.41, 5.74) is 8.23. The van der Waals surface area contributed by atoms with Gasteiger partial charge in [0.05, 0.1) is 11.7 Å². The van der Waals surface area contributed by atoms with Crippen molar-refractivity contribution in [2.45, 2.75) is 46.7 Å². The van der Waals surface area contributed by atoms with E-state index in [1.165, 1.54) is 15.3 Å². The van der Waals surface area contributed by atoms with Crippen LogP contribution in [0, 0.1) is 13.8 Å². The van der Waals surface area contributed by atoms with Gasteiger partial charge in [-0.2, -0.15) is 0 Å². The third-order valence-corrected chi connectivity index (χ3v) is 4.53. The van der Waals surface area contributed by atoms with Crippen LogP contribution in [0.2, 0.25) is 0 Å². The van der Waals surface area contributed by atoms with Gasteiger partial charge in [-0.1, -0.05) is 0 Å². The van der Waals surface area contributed by atoms with Crippen molar-refractivity contribution in [3.63, 3.8) is 0 Å². The molecule has 2 heterocycles. The molecule has 114 valence electrons. The van der Waals surface area contributed by atoms with E-state index < -0.39 is 0 Å². The van der Waals surface area contributed by atoms with Crippen molar-refractivity contribution < 1.29 is 4.79 Å². The molecule has 0 spiro atoms. The number of anilines is 1. The third kappa shape index (κ3) is 3.29. The number of carbonyl (C=O) groups excluding carboxylic acids is 1. The SMILES string of the molecule is Cc1cc(C(C)NC(=O)c2cc(N)cn2C(C)C)c(C)s1. The molecule has 4 nitrogen and oxygen atoms in total. The fourth-order valence-corrected chi connectivity index (χ4v) is 3.56. The van der Waals surface area contributed by atoms with E-state index in [1.54, 1.807) is 17.4 Å². The number of nitrogens with two attached hydrogens (primary N) is 1. The first-order valence-electron chi connectivity index (χ1n) is 7.14. The second kappa shape index (κ2) is 5.93. The van der Waals surface area contributed by atoms with Gasteiger partial charge < -0.3 is 15.6 Å². The molecule has 0 bridgehead atoms. The largest absolute Gasteiger partial charge is 0.397 e. The summed E-state index contributed by atoms with van der Waals surface area (Å²) in [6, 6.07) is 4.05. The van der Waals surface area contributed by atoms with Crippen LogP contribution in [0.5, 0.6) is 0 Å². The van der Waals surface area contributed by atoms with Gasteiger partial charge in [0.1, 0.15) is 5.69 Å². The number of nitrogens with zero attached hydrogens (tertiary/aromatic N) is 1. The Hall–Kier alpha value is -1.75. The number of hydrogen-bond donors (Lipinski definition) is 2. The molecular weight excluding hydrogens is 282 g/mol. The second-order valence-electron chi connectivity index (χ2n) is 5.72. The summed E-state index contributed by atoms with van der Waals surface area (Å²) >= 11 is 1.76. The Morgan fingerprint density at radius 1 is 1.29 bits per heavy atom. The summed E-state index contributed by atoms with van der Waals surface area (Å²) in [6.07, 6.45) is 1.81. The van der Waals surface area contributed by atoms with Gasteiger partial charge in [-0.3, -0.25) is 4.79 Å². The molecule has 0 saturated carbocycles. The summed E-state index contributed by atoms with van der Waals surface area (Å²) in [7, 11) is 0. The zero-order chi connectivity index (χ0) is 15.7. The highest BCUT2D eigenvalue weighted by Crippen LogP contribution is 2.26. The lowest BCUT2D eigenvalue weighted by Gasteiger charge is -2.16. The lowest BCUT2D eigenvalue weighted by molar-refractivity contribution is 0.0929. The molecule has 0 fully saturated rings. The number of nitrogen functional groups attached to an aromatic ring is 1. The van der Waals surface area contributed by atoms with Crippen LogP contribution in [-0.4, -0.2) is 10.5 Å². The molecule has 2 aromatic rings. The van der Waals surface area contributed by atoms with Crippen molar-refractivity contribution >= 4 is 22.9 Å². The van der Waals surface area contributed by atoms with Crippen LogP contribution in [0.1, 0.15) is 58.7 Å². The van der Waals surface area contributed by atoms with Crippen molar-refractivity contribution in [1.82, 2.24) is 9.88 Å². The van der Waals surface area contributed by atoms with Crippen LogP contribution in [0.3, 0.4) is 0 Å². The van der Waals surface area contributed by atoms with E-state index in [-0.39, 0.29) is 18.0 Å². The Morgan fingerprint density at radius 2 is 1.95 bits per heavy atom. The van der Waals surface area contributed by atoms with E-state index in [9.17, 15) is 4.79 Å². The number of hydrogen-bond acceptors (Lipinski definition) is 3. The molecule has 1 unspecified atom stereocenters. The van der Waals surface area contributed by atoms with Crippen LogP contribution >= 0.6 is 11.3 Å². The number of nitrogens with one attached hydrogen (secondary N) is 1. The number of aromatic nitrogens is 1. The Bertz CT molecular complexity index is 655. The molecule has 2 aromatic heterocycles. The minimum atomic E-state index is -0.0869. The van der Waals surface area contributed by atoms with Crippen LogP contribution in [0.4, 0.5) is 5.69 Å². The van der Waals surface area contributed by atoms with Crippen LogP contribution in [0.15, 0.2) is 18.3 Å². The summed E-state index contributed by atoms with van der Waals surface area (Å²) < 4.78 is 1.91. The minimum absolute atomic E-state index is 0.0146. The van der Waals surface area contributed by atoms with Gasteiger partial charge in [-0.05, 0) is 52.3 Å². The zero-order valence-corrected chi connectivity index (χ0v) is 14.0. The van der Waals surface area contributed by atoms with Crippen LogP contribution in [0.25, 0.3) is 0 Å². The molecule has 0 saturated heterocycles. The molecule has 0 aliphatic carbocycles. The zero-order valence-electron chi connectivity index (χ0n) is 13.2. The Labute approximate surface area is 130 Å². The van der Waals surface area contributed by atoms with Crippen LogP contribution < -0.4 is 11.1 Å². The quantitative estimate of drug-likeness (QED) is 0.902. The van der Waals surface area contributed by atoms with Crippen molar-refractivity contribution in [1.29, 1.82) is 0 Å². The monoisotopic (exact) mass is 305 g/mol. The first-order valence-corrected chi connectivity index (χ1v) is 7.96. The van der Waals surface area contributed by atoms with Crippen LogP contribution in [-0.2, 0) is 0 Å². The normalized spacial score (nSPS) is 12.7. The van der Waals surface area contributed by atoms with Gasteiger partial charge in [0.15, 0.2) is 0 Å². The van der Waals surface area contributed by atoms with E-state index in [0.29, 0.717) is 11.4 Å². The summed E-state index contributed by atoms with van der Waals surface area (Å²) in [5, 5.41) is 3.07. The molecular formula is C16H23N3OS. The van der Waals surface area contributed by atoms with E-state index >= 15 is 0 Å². The molecule has 1 atom stereocenters. The molecule has 1 amide bonds. The van der Waals surface area contributed by atoms with Crippen molar-refractivity contribution in [2.24, 2.45) is 0 Å². The Kier molecular flexibility index (Phi) is 4.42. The molecule has 0 aliphatic rings. The van der Waals surface area contributed by atoms with Gasteiger partial charge in [0.25, 0.3) is 5.91 Å².